The summed E-state index contributed by atoms with van der Waals surface area (Å²) in [5, 5.41) is 10.7. The van der Waals surface area contributed by atoms with E-state index in [1.165, 1.54) is 11.8 Å². The third kappa shape index (κ3) is 4.05. The van der Waals surface area contributed by atoms with Crippen molar-refractivity contribution >= 4 is 29.0 Å². The Labute approximate surface area is 118 Å². The fourth-order valence-corrected chi connectivity index (χ4v) is 2.83. The maximum atomic E-state index is 11.0. The third-order valence-corrected chi connectivity index (χ3v) is 4.24. The second kappa shape index (κ2) is 6.69. The lowest BCUT2D eigenvalue weighted by Crippen LogP contribution is -2.30. The van der Waals surface area contributed by atoms with Crippen LogP contribution in [0, 0.1) is 0 Å². The van der Waals surface area contributed by atoms with Gasteiger partial charge in [-0.15, -0.1) is 21.5 Å². The zero-order valence-corrected chi connectivity index (χ0v) is 12.0. The molecule has 0 fully saturated rings. The highest BCUT2D eigenvalue weighted by atomic mass is 32.2. The number of rotatable bonds is 6. The van der Waals surface area contributed by atoms with Crippen molar-refractivity contribution in [2.75, 3.05) is 0 Å². The Morgan fingerprint density at radius 3 is 3.16 bits per heavy atom. The Morgan fingerprint density at radius 2 is 2.47 bits per heavy atom. The molecule has 0 aliphatic rings. The minimum Gasteiger partial charge on any atom is -0.410 e. The van der Waals surface area contributed by atoms with Gasteiger partial charge in [-0.3, -0.25) is 10.2 Å². The Hall–Kier alpha value is -1.38. The van der Waals surface area contributed by atoms with Crippen molar-refractivity contribution in [1.82, 2.24) is 15.6 Å². The minimum absolute atomic E-state index is 0.169. The average Bonchev–Trinajstić information content (AvgIpc) is 3.06. The number of aromatic nitrogens is 2. The van der Waals surface area contributed by atoms with Gasteiger partial charge in [-0.25, -0.2) is 5.84 Å². The Balaban J connectivity index is 1.88. The number of thiophene rings is 1. The monoisotopic (exact) mass is 298 g/mol. The van der Waals surface area contributed by atoms with Crippen molar-refractivity contribution in [3.8, 4) is 10.8 Å². The van der Waals surface area contributed by atoms with Crippen LogP contribution in [0.3, 0.4) is 0 Å². The molecule has 0 aliphatic carbocycles. The lowest BCUT2D eigenvalue weighted by Gasteiger charge is -2.06. The van der Waals surface area contributed by atoms with E-state index < -0.39 is 0 Å². The zero-order chi connectivity index (χ0) is 13.7. The van der Waals surface area contributed by atoms with E-state index in [0.29, 0.717) is 24.0 Å². The second-order valence-corrected chi connectivity index (χ2v) is 6.22. The quantitative estimate of drug-likeness (QED) is 0.367. The molecule has 0 spiro atoms. The molecule has 0 aliphatic heterocycles. The van der Waals surface area contributed by atoms with Gasteiger partial charge in [-0.1, -0.05) is 24.8 Å². The van der Waals surface area contributed by atoms with Gasteiger partial charge in [0.2, 0.25) is 5.91 Å². The predicted octanol–water partition coefficient (Wildman–Crippen LogP) is 2.05. The van der Waals surface area contributed by atoms with Gasteiger partial charge in [0.15, 0.2) is 0 Å². The number of thioether (sulfide) groups is 1. The predicted molar refractivity (Wildman–Crippen MR) is 74.5 cm³/mol. The SMILES string of the molecule is CC(CCC(=O)NN)Sc1nnc(-c2cccs2)o1. The van der Waals surface area contributed by atoms with Gasteiger partial charge in [-0.05, 0) is 17.9 Å². The van der Waals surface area contributed by atoms with Gasteiger partial charge < -0.3 is 4.42 Å². The number of carbonyl (C=O) groups is 1. The van der Waals surface area contributed by atoms with Gasteiger partial charge in [-0.2, -0.15) is 0 Å². The molecule has 0 radical (unpaired) electrons. The van der Waals surface area contributed by atoms with Gasteiger partial charge >= 0.3 is 0 Å². The van der Waals surface area contributed by atoms with Crippen molar-refractivity contribution < 1.29 is 9.21 Å². The van der Waals surface area contributed by atoms with Gasteiger partial charge in [0.25, 0.3) is 11.1 Å². The number of nitrogens with zero attached hydrogens (tertiary/aromatic N) is 2. The first kappa shape index (κ1) is 14.0. The normalized spacial score (nSPS) is 12.3. The molecule has 3 N–H and O–H groups in total. The Bertz CT molecular complexity index is 527. The van der Waals surface area contributed by atoms with Crippen LogP contribution in [0.4, 0.5) is 0 Å². The summed E-state index contributed by atoms with van der Waals surface area (Å²) >= 11 is 3.01. The first-order valence-electron chi connectivity index (χ1n) is 5.72. The maximum absolute atomic E-state index is 11.0. The minimum atomic E-state index is -0.169. The van der Waals surface area contributed by atoms with Crippen LogP contribution in [0.25, 0.3) is 10.8 Å². The molecule has 0 saturated carbocycles. The highest BCUT2D eigenvalue weighted by Crippen LogP contribution is 2.29. The van der Waals surface area contributed by atoms with E-state index in [-0.39, 0.29) is 11.2 Å². The lowest BCUT2D eigenvalue weighted by atomic mass is 10.2. The van der Waals surface area contributed by atoms with E-state index in [9.17, 15) is 4.79 Å². The van der Waals surface area contributed by atoms with E-state index in [4.69, 9.17) is 10.3 Å². The maximum Gasteiger partial charge on any atom is 0.277 e. The van der Waals surface area contributed by atoms with Crippen LogP contribution < -0.4 is 11.3 Å². The summed E-state index contributed by atoms with van der Waals surface area (Å²) in [5.41, 5.74) is 2.11. The fourth-order valence-electron chi connectivity index (χ4n) is 1.39. The van der Waals surface area contributed by atoms with Crippen molar-refractivity contribution in [2.45, 2.75) is 30.2 Å². The van der Waals surface area contributed by atoms with Crippen LogP contribution in [-0.2, 0) is 4.79 Å². The number of carbonyl (C=O) groups excluding carboxylic acids is 1. The summed E-state index contributed by atoms with van der Waals surface area (Å²) in [6.45, 7) is 2.00. The summed E-state index contributed by atoms with van der Waals surface area (Å²) in [4.78, 5) is 12.0. The number of hydrogen-bond donors (Lipinski definition) is 2. The second-order valence-electron chi connectivity index (χ2n) is 3.89. The summed E-state index contributed by atoms with van der Waals surface area (Å²) in [6.07, 6.45) is 1.08. The van der Waals surface area contributed by atoms with Gasteiger partial charge in [0.05, 0.1) is 4.88 Å². The summed E-state index contributed by atoms with van der Waals surface area (Å²) < 4.78 is 5.56. The molecule has 2 aromatic rings. The molecule has 2 aromatic heterocycles. The number of nitrogens with one attached hydrogen (secondary N) is 1. The summed E-state index contributed by atoms with van der Waals surface area (Å²) in [7, 11) is 0. The van der Waals surface area contributed by atoms with Crippen LogP contribution in [0.2, 0.25) is 0 Å². The summed E-state index contributed by atoms with van der Waals surface area (Å²) in [5.74, 6) is 5.38. The Morgan fingerprint density at radius 1 is 1.63 bits per heavy atom. The average molecular weight is 298 g/mol. The molecule has 6 nitrogen and oxygen atoms in total. The standard InChI is InChI=1S/C11H14N4O2S2/c1-7(4-5-9(16)13-12)19-11-15-14-10(17-11)8-3-2-6-18-8/h2-3,6-7H,4-5,12H2,1H3,(H,13,16). The van der Waals surface area contributed by atoms with Gasteiger partial charge in [0, 0.05) is 11.7 Å². The van der Waals surface area contributed by atoms with E-state index in [1.807, 2.05) is 24.4 Å². The van der Waals surface area contributed by atoms with Crippen LogP contribution in [-0.4, -0.2) is 21.4 Å². The fraction of sp³-hybridized carbons (Fsp3) is 0.364. The molecule has 1 amide bonds. The number of hydrogen-bond acceptors (Lipinski definition) is 7. The molecule has 0 saturated heterocycles. The smallest absolute Gasteiger partial charge is 0.277 e. The zero-order valence-electron chi connectivity index (χ0n) is 10.3. The largest absolute Gasteiger partial charge is 0.410 e. The molecule has 0 aromatic carbocycles. The molecule has 19 heavy (non-hydrogen) atoms. The van der Waals surface area contributed by atoms with E-state index >= 15 is 0 Å². The van der Waals surface area contributed by atoms with E-state index in [2.05, 4.69) is 15.6 Å². The molecular weight excluding hydrogens is 284 g/mol. The number of nitrogens with two attached hydrogens (primary N) is 1. The molecule has 8 heteroatoms. The van der Waals surface area contributed by atoms with Crippen LogP contribution >= 0.6 is 23.1 Å². The van der Waals surface area contributed by atoms with E-state index in [1.54, 1.807) is 11.3 Å². The van der Waals surface area contributed by atoms with Gasteiger partial charge in [0.1, 0.15) is 0 Å². The number of amides is 1. The molecule has 2 heterocycles. The lowest BCUT2D eigenvalue weighted by molar-refractivity contribution is -0.121. The molecule has 1 unspecified atom stereocenters. The molecule has 2 rings (SSSR count). The Kier molecular flexibility index (Phi) is 4.94. The first-order chi connectivity index (χ1) is 9.19. The van der Waals surface area contributed by atoms with Crippen LogP contribution in [0.1, 0.15) is 19.8 Å². The number of hydrazine groups is 1. The van der Waals surface area contributed by atoms with Crippen molar-refractivity contribution in [3.63, 3.8) is 0 Å². The molecule has 102 valence electrons. The van der Waals surface area contributed by atoms with Crippen molar-refractivity contribution in [3.05, 3.63) is 17.5 Å². The van der Waals surface area contributed by atoms with Crippen LogP contribution in [0.5, 0.6) is 0 Å². The topological polar surface area (TPSA) is 94.0 Å². The molecule has 1 atom stereocenters. The van der Waals surface area contributed by atoms with Crippen LogP contribution in [0.15, 0.2) is 27.2 Å². The first-order valence-corrected chi connectivity index (χ1v) is 7.48. The molecule has 0 bridgehead atoms. The molecular formula is C11H14N4O2S2. The third-order valence-electron chi connectivity index (χ3n) is 2.38. The van der Waals surface area contributed by atoms with Crippen molar-refractivity contribution in [1.29, 1.82) is 0 Å². The van der Waals surface area contributed by atoms with E-state index in [0.717, 1.165) is 4.88 Å². The van der Waals surface area contributed by atoms with Crippen molar-refractivity contribution in [2.24, 2.45) is 5.84 Å². The summed E-state index contributed by atoms with van der Waals surface area (Å²) in [6, 6.07) is 3.87. The highest BCUT2D eigenvalue weighted by Gasteiger charge is 2.14. The highest BCUT2D eigenvalue weighted by molar-refractivity contribution is 7.99.